The lowest BCUT2D eigenvalue weighted by molar-refractivity contribution is -0.921. The second kappa shape index (κ2) is 12.4. The zero-order valence-electron chi connectivity index (χ0n) is 19.9. The van der Waals surface area contributed by atoms with E-state index in [0.717, 1.165) is 0 Å². The van der Waals surface area contributed by atoms with Crippen molar-refractivity contribution in [2.75, 3.05) is 26.2 Å². The van der Waals surface area contributed by atoms with Crippen molar-refractivity contribution in [3.63, 3.8) is 0 Å². The Morgan fingerprint density at radius 1 is 0.676 bits per heavy atom. The normalized spacial score (nSPS) is 15.8. The summed E-state index contributed by atoms with van der Waals surface area (Å²) < 4.78 is 210. The van der Waals surface area contributed by atoms with Gasteiger partial charge in [0.25, 0.3) is 0 Å². The van der Waals surface area contributed by atoms with Gasteiger partial charge in [0.2, 0.25) is 0 Å². The molecule has 0 aromatic carbocycles. The number of quaternary nitrogens is 1. The summed E-state index contributed by atoms with van der Waals surface area (Å²) in [7, 11) is -7.81. The maximum Gasteiger partial charge on any atom is 0.402 e. The monoisotopic (exact) mass is 603 g/mol. The van der Waals surface area contributed by atoms with E-state index in [1.807, 2.05) is 0 Å². The molecule has 0 bridgehead atoms. The molecule has 0 aliphatic rings. The van der Waals surface area contributed by atoms with Gasteiger partial charge in [0, 0.05) is 6.42 Å². The number of hydrogen-bond acceptors (Lipinski definition) is 3. The van der Waals surface area contributed by atoms with Crippen molar-refractivity contribution in [2.24, 2.45) is 0 Å². The molecular formula is C18H27F14NO3S. The molecule has 1 unspecified atom stereocenters. The van der Waals surface area contributed by atoms with Gasteiger partial charge in [-0.25, -0.2) is 12.8 Å². The topological polar surface area (TPSA) is 57.2 Å². The second-order valence-electron chi connectivity index (χ2n) is 7.90. The lowest BCUT2D eigenvalue weighted by atomic mass is 9.93. The Balaban J connectivity index is 0. The molecule has 0 amide bonds. The van der Waals surface area contributed by atoms with Gasteiger partial charge in [-0.2, -0.15) is 57.1 Å². The summed E-state index contributed by atoms with van der Waals surface area (Å²) >= 11 is 0. The highest BCUT2D eigenvalue weighted by molar-refractivity contribution is 7.86. The van der Waals surface area contributed by atoms with Gasteiger partial charge in [-0.15, -0.1) is 0 Å². The van der Waals surface area contributed by atoms with E-state index < -0.39 is 70.7 Å². The summed E-state index contributed by atoms with van der Waals surface area (Å²) in [6.45, 7) is 14.2. The predicted octanol–water partition coefficient (Wildman–Crippen LogP) is 6.62. The summed E-state index contributed by atoms with van der Waals surface area (Å²) in [5.41, 5.74) is 0. The number of hydrogen-bond donors (Lipinski definition) is 0. The molecule has 0 aromatic rings. The number of nitrogens with zero attached hydrogens (tertiary/aromatic N) is 1. The van der Waals surface area contributed by atoms with E-state index in [1.165, 1.54) is 30.7 Å². The third-order valence-corrected chi connectivity index (χ3v) is 6.77. The average Bonchev–Trinajstić information content (AvgIpc) is 2.73. The van der Waals surface area contributed by atoms with Crippen LogP contribution in [0.25, 0.3) is 0 Å². The van der Waals surface area contributed by atoms with Crippen molar-refractivity contribution < 1.29 is 78.9 Å². The van der Waals surface area contributed by atoms with Gasteiger partial charge in [-0.05, 0) is 40.5 Å². The molecule has 0 aliphatic carbocycles. The molecule has 0 aliphatic heterocycles. The van der Waals surface area contributed by atoms with Crippen molar-refractivity contribution >= 4 is 10.1 Å². The van der Waals surface area contributed by atoms with Crippen molar-refractivity contribution in [3.8, 4) is 0 Å². The molecule has 0 spiro atoms. The standard InChI is InChI=1S/C10H8F14O3S.C8H20N/c11-4(2-1-3-5(12,13)14)6(15,16)7(17,18)8(19,20)9(21,22)10(23,24)28(25,26)27;1-5-9(6-2,7-3)8-4/h4H,1-3H2,(H,25,26,27);5-8H2,1-4H3/q;+1/p-1. The van der Waals surface area contributed by atoms with Gasteiger partial charge >= 0.3 is 35.1 Å². The van der Waals surface area contributed by atoms with Crippen LogP contribution in [0.5, 0.6) is 0 Å². The lowest BCUT2D eigenvalue weighted by Crippen LogP contribution is -2.70. The Hall–Kier alpha value is -1.11. The molecule has 0 radical (unpaired) electrons. The molecule has 1 atom stereocenters. The lowest BCUT2D eigenvalue weighted by Gasteiger charge is -2.40. The van der Waals surface area contributed by atoms with E-state index in [0.29, 0.717) is 0 Å². The van der Waals surface area contributed by atoms with Crippen LogP contribution in [0.4, 0.5) is 61.5 Å². The van der Waals surface area contributed by atoms with Crippen LogP contribution in [0.2, 0.25) is 0 Å². The Bertz CT molecular complexity index is 793. The van der Waals surface area contributed by atoms with Crippen molar-refractivity contribution in [3.05, 3.63) is 0 Å². The third-order valence-electron chi connectivity index (χ3n) is 5.88. The van der Waals surface area contributed by atoms with Crippen LogP contribution in [0.15, 0.2) is 0 Å². The van der Waals surface area contributed by atoms with Crippen LogP contribution in [-0.4, -0.2) is 84.9 Å². The second-order valence-corrected chi connectivity index (χ2v) is 9.32. The zero-order valence-corrected chi connectivity index (χ0v) is 20.7. The summed E-state index contributed by atoms with van der Waals surface area (Å²) in [6.07, 6.45) is -15.8. The first kappa shape index (κ1) is 38.0. The van der Waals surface area contributed by atoms with E-state index in [4.69, 9.17) is 0 Å². The largest absolute Gasteiger partial charge is 0.743 e. The molecule has 226 valence electrons. The summed E-state index contributed by atoms with van der Waals surface area (Å²) in [5, 5.41) is -7.54. The highest BCUT2D eigenvalue weighted by atomic mass is 32.2. The highest BCUT2D eigenvalue weighted by Gasteiger charge is 2.88. The smallest absolute Gasteiger partial charge is 0.402 e. The van der Waals surface area contributed by atoms with Crippen LogP contribution in [0.1, 0.15) is 47.0 Å². The van der Waals surface area contributed by atoms with Gasteiger partial charge in [0.05, 0.1) is 26.2 Å². The predicted molar refractivity (Wildman–Crippen MR) is 102 cm³/mol. The van der Waals surface area contributed by atoms with Crippen molar-refractivity contribution in [1.29, 1.82) is 0 Å². The molecule has 0 saturated carbocycles. The van der Waals surface area contributed by atoms with Crippen LogP contribution < -0.4 is 0 Å². The number of alkyl halides is 14. The molecule has 0 aromatic heterocycles. The molecule has 19 heteroatoms. The van der Waals surface area contributed by atoms with E-state index in [2.05, 4.69) is 27.7 Å². The fourth-order valence-corrected chi connectivity index (χ4v) is 3.39. The highest BCUT2D eigenvalue weighted by Crippen LogP contribution is 2.59. The maximum atomic E-state index is 13.2. The molecule has 0 fully saturated rings. The van der Waals surface area contributed by atoms with Crippen molar-refractivity contribution in [1.82, 2.24) is 0 Å². The molecule has 0 saturated heterocycles. The molecular weight excluding hydrogens is 576 g/mol. The van der Waals surface area contributed by atoms with E-state index >= 15 is 0 Å². The zero-order chi connectivity index (χ0) is 30.5. The van der Waals surface area contributed by atoms with E-state index in [1.54, 1.807) is 0 Å². The first-order valence-corrected chi connectivity index (χ1v) is 11.9. The van der Waals surface area contributed by atoms with Crippen LogP contribution >= 0.6 is 0 Å². The van der Waals surface area contributed by atoms with Crippen LogP contribution in [0.3, 0.4) is 0 Å². The fraction of sp³-hybridized carbons (Fsp3) is 1.00. The summed E-state index contributed by atoms with van der Waals surface area (Å²) in [5.74, 6) is -30.7. The molecule has 4 nitrogen and oxygen atoms in total. The van der Waals surface area contributed by atoms with Gasteiger partial charge in [-0.1, -0.05) is 0 Å². The Kier molecular flexibility index (Phi) is 12.7. The molecule has 0 heterocycles. The quantitative estimate of drug-likeness (QED) is 0.135. The number of halogens is 14. The third kappa shape index (κ3) is 7.95. The summed E-state index contributed by atoms with van der Waals surface area (Å²) in [4.78, 5) is 0. The minimum absolute atomic E-state index is 1.28. The van der Waals surface area contributed by atoms with Gasteiger partial charge < -0.3 is 9.04 Å². The van der Waals surface area contributed by atoms with Crippen molar-refractivity contribution in [2.45, 2.75) is 88.3 Å². The molecule has 0 rings (SSSR count). The summed E-state index contributed by atoms with van der Waals surface area (Å²) in [6, 6.07) is 0. The minimum Gasteiger partial charge on any atom is -0.743 e. The Labute approximate surface area is 204 Å². The van der Waals surface area contributed by atoms with Gasteiger partial charge in [0.1, 0.15) is 0 Å². The molecule has 0 N–H and O–H groups in total. The van der Waals surface area contributed by atoms with Crippen LogP contribution in [0, 0.1) is 0 Å². The first-order chi connectivity index (χ1) is 16.1. The van der Waals surface area contributed by atoms with E-state index in [-0.39, 0.29) is 0 Å². The first-order valence-electron chi connectivity index (χ1n) is 10.5. The van der Waals surface area contributed by atoms with Gasteiger partial charge in [-0.3, -0.25) is 0 Å². The SMILES string of the molecule is CC[N+](CC)(CC)CC.O=S(=O)([O-])C(F)(F)C(F)(F)C(F)(F)C(F)(F)C(F)(F)C(F)CCCC(F)(F)F. The minimum atomic E-state index is -8.03. The Morgan fingerprint density at radius 3 is 1.27 bits per heavy atom. The van der Waals surface area contributed by atoms with Crippen LogP contribution in [-0.2, 0) is 10.1 Å². The fourth-order valence-electron chi connectivity index (χ4n) is 2.95. The average molecular weight is 603 g/mol. The number of rotatable bonds is 13. The molecule has 37 heavy (non-hydrogen) atoms. The Morgan fingerprint density at radius 2 is 1.03 bits per heavy atom. The van der Waals surface area contributed by atoms with E-state index in [9.17, 15) is 74.4 Å². The van der Waals surface area contributed by atoms with Gasteiger partial charge in [0.15, 0.2) is 16.3 Å². The maximum absolute atomic E-state index is 13.2.